The van der Waals surface area contributed by atoms with E-state index in [4.69, 9.17) is 4.42 Å². The van der Waals surface area contributed by atoms with Gasteiger partial charge in [0.15, 0.2) is 16.2 Å². The van der Waals surface area contributed by atoms with Crippen LogP contribution in [-0.2, 0) is 64.8 Å². The van der Waals surface area contributed by atoms with Crippen molar-refractivity contribution in [1.29, 1.82) is 0 Å². The highest BCUT2D eigenvalue weighted by Crippen LogP contribution is 2.47. The summed E-state index contributed by atoms with van der Waals surface area (Å²) in [5.41, 5.74) is -1.24. The summed E-state index contributed by atoms with van der Waals surface area (Å²) in [6.07, 6.45) is 0. The van der Waals surface area contributed by atoms with Crippen LogP contribution in [0.4, 0.5) is 5.69 Å². The number of anilines is 1. The van der Waals surface area contributed by atoms with Gasteiger partial charge in [0.2, 0.25) is 37.8 Å². The molecule has 10 N–H and O–H groups in total. The molecule has 3 aliphatic rings. The number of nitrogens with one attached hydrogen (secondary N) is 6. The van der Waals surface area contributed by atoms with Crippen LogP contribution in [0, 0.1) is 13.8 Å². The van der Waals surface area contributed by atoms with Gasteiger partial charge in [0.1, 0.15) is 40.3 Å². The Kier molecular flexibility index (Phi) is 15.8. The number of hydrogen-bond acceptors (Lipinski definition) is 17. The molecule has 2 bridgehead atoms. The number of aromatic carboxylic acids is 1. The molecule has 3 unspecified atom stereocenters. The number of carboxylic acid groups (broad SMARTS) is 1. The molecule has 0 aromatic heterocycles. The van der Waals surface area contributed by atoms with Crippen molar-refractivity contribution in [3.05, 3.63) is 58.4 Å². The molecule has 2 aromatic carbocycles. The quantitative estimate of drug-likeness (QED) is 0.0607. The molecule has 2 aliphatic heterocycles. The maximum absolute atomic E-state index is 15.0. The second-order valence-corrected chi connectivity index (χ2v) is 22.9. The molecular weight excluding hydrogens is 1010 g/mol. The van der Waals surface area contributed by atoms with E-state index in [1.165, 1.54) is 57.2 Å². The number of carbonyl (C=O) groups excluding carboxylic acids is 3. The highest BCUT2D eigenvalue weighted by molar-refractivity contribution is 7.90. The van der Waals surface area contributed by atoms with Crippen LogP contribution < -0.4 is 36.1 Å². The van der Waals surface area contributed by atoms with Gasteiger partial charge in [0.05, 0.1) is 16.6 Å². The molecule has 0 saturated carbocycles. The van der Waals surface area contributed by atoms with Crippen LogP contribution in [0.1, 0.15) is 35.3 Å². The van der Waals surface area contributed by atoms with Crippen molar-refractivity contribution >= 4 is 90.7 Å². The van der Waals surface area contributed by atoms with Gasteiger partial charge >= 0.3 is 5.97 Å². The van der Waals surface area contributed by atoms with Crippen molar-refractivity contribution in [3.63, 3.8) is 0 Å². The van der Waals surface area contributed by atoms with Gasteiger partial charge in [-0.2, -0.15) is 30.0 Å². The van der Waals surface area contributed by atoms with E-state index in [1.807, 2.05) is 0 Å². The van der Waals surface area contributed by atoms with E-state index < -0.39 is 149 Å². The second kappa shape index (κ2) is 20.1. The summed E-state index contributed by atoms with van der Waals surface area (Å²) in [6.45, 7) is 4.44. The third-order valence-electron chi connectivity index (χ3n) is 9.94. The predicted octanol–water partition coefficient (Wildman–Crippen LogP) is -1.44. The lowest BCUT2D eigenvalue weighted by molar-refractivity contribution is -0.131. The Labute approximate surface area is 389 Å². The van der Waals surface area contributed by atoms with Crippen molar-refractivity contribution < 1.29 is 84.4 Å². The molecule has 2 heterocycles. The molecule has 1 aliphatic carbocycles. The summed E-state index contributed by atoms with van der Waals surface area (Å²) in [5, 5.41) is 18.4. The Morgan fingerprint density at radius 1 is 0.765 bits per heavy atom. The monoisotopic (exact) mass is 1050 g/mol. The number of sulfonamides is 2. The average molecular weight is 1050 g/mol. The Balaban J connectivity index is 2.00. The van der Waals surface area contributed by atoms with Crippen molar-refractivity contribution in [1.82, 2.24) is 25.4 Å². The normalized spacial score (nSPS) is 20.2. The molecule has 3 atom stereocenters. The fourth-order valence-corrected chi connectivity index (χ4v) is 12.3. The van der Waals surface area contributed by atoms with Crippen LogP contribution in [0.3, 0.4) is 0 Å². The van der Waals surface area contributed by atoms with E-state index in [-0.39, 0.29) is 57.5 Å². The second-order valence-electron chi connectivity index (χ2n) is 15.1. The van der Waals surface area contributed by atoms with Crippen molar-refractivity contribution in [2.75, 3.05) is 48.8 Å². The molecule has 0 spiro atoms. The SMILES string of the molecule is CCN=c1c(C)cc2c(-c3ccccc3C(=O)O)c3cc(C)c(NCC)c4c3oc-2c1S(=O)(=O)NC(CS(=O)(=O)O)C(=O)NC(CS(=O)(=O)O)C(=O)NC(CS(=O)(=O)O)C(=O)NCCNS4(=O)=O. The largest absolute Gasteiger partial charge is 0.478 e. The Bertz CT molecular complexity index is 3340. The highest BCUT2D eigenvalue weighted by Gasteiger charge is 2.40. The maximum Gasteiger partial charge on any atom is 0.336 e. The van der Waals surface area contributed by atoms with E-state index >= 15 is 8.42 Å². The number of hydrogen-bond donors (Lipinski definition) is 10. The van der Waals surface area contributed by atoms with Gasteiger partial charge in [-0.25, -0.2) is 26.4 Å². The van der Waals surface area contributed by atoms with Gasteiger partial charge in [0.25, 0.3) is 30.4 Å². The third-order valence-corrected chi connectivity index (χ3v) is 15.2. The number of rotatable bonds is 11. The topological polar surface area (TPSA) is 418 Å². The molecule has 26 nitrogen and oxygen atoms in total. The lowest BCUT2D eigenvalue weighted by atomic mass is 9.89. The Morgan fingerprint density at radius 3 is 1.88 bits per heavy atom. The van der Waals surface area contributed by atoms with Gasteiger partial charge in [-0.05, 0) is 62.6 Å². The van der Waals surface area contributed by atoms with Crippen LogP contribution in [-0.4, -0.2) is 146 Å². The average Bonchev–Trinajstić information content (AvgIpc) is 3.19. The van der Waals surface area contributed by atoms with Gasteiger partial charge in [-0.15, -0.1) is 0 Å². The first kappa shape index (κ1) is 53.3. The molecule has 372 valence electrons. The number of carboxylic acids is 1. The van der Waals surface area contributed by atoms with Crippen LogP contribution >= 0.6 is 0 Å². The fourth-order valence-electron chi connectivity index (χ4n) is 7.30. The van der Waals surface area contributed by atoms with Gasteiger partial charge < -0.3 is 30.8 Å². The number of benzene rings is 3. The lowest BCUT2D eigenvalue weighted by Crippen LogP contribution is -2.60. The number of aryl methyl sites for hydroxylation is 2. The molecule has 0 radical (unpaired) electrons. The standard InChI is InChI=1S/C37H45N7O19S5/c1-5-38-28-18(3)13-22-27(20-9-7-8-10-21(20)37(48)49)23-14-19(4)29(39-6-2)33-31(23)63-30(22)32(28)67(59,60)41-12-11-40-34(45)24(15-64(50,51)52)42-35(46)25(16-65(53,54)55)43-36(47)26(17-66(56,57)58)44-68(33,61)62/h7-10,13-14,24-26,38,41,44H,5-6,11-12,15-17H2,1-4H3,(H,40,45)(H,42,46)(H,43,47)(H,48,49)(H,50,51,52)(H,53,54,55)(H,56,57,58). The smallest absolute Gasteiger partial charge is 0.336 e. The van der Waals surface area contributed by atoms with Crippen LogP contribution in [0.2, 0.25) is 0 Å². The van der Waals surface area contributed by atoms with Crippen LogP contribution in [0.15, 0.2) is 55.6 Å². The summed E-state index contributed by atoms with van der Waals surface area (Å²) >= 11 is 0. The van der Waals surface area contributed by atoms with Crippen LogP contribution in [0.25, 0.3) is 33.4 Å². The summed E-state index contributed by atoms with van der Waals surface area (Å²) in [7, 11) is -26.5. The summed E-state index contributed by atoms with van der Waals surface area (Å²) < 4.78 is 172. The number of nitrogens with zero attached hydrogens (tertiary/aromatic N) is 1. The van der Waals surface area contributed by atoms with Crippen molar-refractivity contribution in [2.45, 2.75) is 55.6 Å². The summed E-state index contributed by atoms with van der Waals surface area (Å²) in [5.74, 6) is -12.6. The van der Waals surface area contributed by atoms with E-state index in [9.17, 15) is 71.6 Å². The zero-order valence-electron chi connectivity index (χ0n) is 36.0. The summed E-state index contributed by atoms with van der Waals surface area (Å²) in [6, 6.07) is 0.446. The zero-order chi connectivity index (χ0) is 50.9. The minimum atomic E-state index is -5.58. The highest BCUT2D eigenvalue weighted by atomic mass is 32.2. The first-order chi connectivity index (χ1) is 31.4. The van der Waals surface area contributed by atoms with Gasteiger partial charge in [-0.3, -0.25) is 33.0 Å². The zero-order valence-corrected chi connectivity index (χ0v) is 40.1. The first-order valence-electron chi connectivity index (χ1n) is 19.8. The Hall–Kier alpha value is -5.64. The van der Waals surface area contributed by atoms with E-state index in [0.29, 0.717) is 0 Å². The molecule has 0 fully saturated rings. The predicted molar refractivity (Wildman–Crippen MR) is 240 cm³/mol. The molecule has 3 amide bonds. The van der Waals surface area contributed by atoms with Crippen molar-refractivity contribution in [3.8, 4) is 22.5 Å². The first-order valence-corrected chi connectivity index (χ1v) is 27.6. The van der Waals surface area contributed by atoms with Gasteiger partial charge in [0, 0.05) is 42.7 Å². The molecule has 5 rings (SSSR count). The van der Waals surface area contributed by atoms with E-state index in [0.717, 1.165) is 0 Å². The van der Waals surface area contributed by atoms with E-state index in [2.05, 4.69) is 20.3 Å². The maximum atomic E-state index is 15.0. The van der Waals surface area contributed by atoms with Crippen molar-refractivity contribution in [2.24, 2.45) is 4.99 Å². The molecular formula is C37H45N7O19S5. The van der Waals surface area contributed by atoms with E-state index in [1.54, 1.807) is 22.3 Å². The summed E-state index contributed by atoms with van der Waals surface area (Å²) in [4.78, 5) is 56.2. The minimum absolute atomic E-state index is 0.0375. The molecule has 68 heavy (non-hydrogen) atoms. The number of amides is 3. The third kappa shape index (κ3) is 12.3. The molecule has 0 saturated heterocycles. The number of carbonyl (C=O) groups is 4. The van der Waals surface area contributed by atoms with Crippen LogP contribution in [0.5, 0.6) is 0 Å². The Morgan fingerprint density at radius 2 is 1.32 bits per heavy atom. The van der Waals surface area contributed by atoms with Gasteiger partial charge in [-0.1, -0.05) is 18.2 Å². The fraction of sp³-hybridized carbons (Fsp3) is 0.378. The minimum Gasteiger partial charge on any atom is -0.478 e. The molecule has 2 aromatic rings. The molecule has 31 heteroatoms. The lowest BCUT2D eigenvalue weighted by Gasteiger charge is -2.26.